The summed E-state index contributed by atoms with van der Waals surface area (Å²) in [5.41, 5.74) is 1.34. The minimum absolute atomic E-state index is 0.814. The molecule has 1 aliphatic rings. The van der Waals surface area contributed by atoms with Crippen LogP contribution in [-0.4, -0.2) is 31.1 Å². The fourth-order valence-electron chi connectivity index (χ4n) is 2.26. The first-order chi connectivity index (χ1) is 9.24. The van der Waals surface area contributed by atoms with Crippen LogP contribution in [0.5, 0.6) is 0 Å². The van der Waals surface area contributed by atoms with Crippen LogP contribution in [0.4, 0.5) is 0 Å². The second-order valence-electron chi connectivity index (χ2n) is 5.65. The lowest BCUT2D eigenvalue weighted by Crippen LogP contribution is -2.20. The summed E-state index contributed by atoms with van der Waals surface area (Å²) in [5, 5.41) is 4.38. The van der Waals surface area contributed by atoms with Crippen LogP contribution in [0.25, 0.3) is 0 Å². The molecule has 19 heavy (non-hydrogen) atoms. The van der Waals surface area contributed by atoms with E-state index in [0.29, 0.717) is 0 Å². The number of hydrogen-bond acceptors (Lipinski definition) is 2. The van der Waals surface area contributed by atoms with E-state index in [1.807, 2.05) is 12.1 Å². The average molecular weight is 281 g/mol. The van der Waals surface area contributed by atoms with Crippen LogP contribution >= 0.6 is 11.6 Å². The van der Waals surface area contributed by atoms with E-state index in [-0.39, 0.29) is 0 Å². The van der Waals surface area contributed by atoms with E-state index in [1.54, 1.807) is 0 Å². The molecule has 0 atom stereocenters. The van der Waals surface area contributed by atoms with Crippen LogP contribution in [0, 0.1) is 0 Å². The first-order valence-corrected chi connectivity index (χ1v) is 7.78. The van der Waals surface area contributed by atoms with Gasteiger partial charge in [-0.3, -0.25) is 0 Å². The molecule has 2 rings (SSSR count). The zero-order valence-corrected chi connectivity index (χ0v) is 12.6. The molecule has 1 aromatic rings. The first kappa shape index (κ1) is 14.8. The third-order valence-electron chi connectivity index (χ3n) is 3.59. The van der Waals surface area contributed by atoms with Crippen LogP contribution in [0.1, 0.15) is 37.7 Å². The molecule has 0 radical (unpaired) electrons. The number of hydrogen-bond donors (Lipinski definition) is 1. The highest BCUT2D eigenvalue weighted by Gasteiger charge is 2.19. The van der Waals surface area contributed by atoms with Gasteiger partial charge in [-0.1, -0.05) is 30.2 Å². The Balaban J connectivity index is 1.51. The van der Waals surface area contributed by atoms with E-state index in [2.05, 4.69) is 29.4 Å². The normalized spacial score (nSPS) is 15.1. The van der Waals surface area contributed by atoms with Crippen molar-refractivity contribution in [2.45, 2.75) is 44.7 Å². The lowest BCUT2D eigenvalue weighted by Gasteiger charge is -2.16. The molecular weight excluding hydrogens is 256 g/mol. The Morgan fingerprint density at radius 2 is 1.89 bits per heavy atom. The zero-order valence-electron chi connectivity index (χ0n) is 11.9. The van der Waals surface area contributed by atoms with Crippen molar-refractivity contribution in [2.75, 3.05) is 20.1 Å². The van der Waals surface area contributed by atoms with E-state index in [1.165, 1.54) is 50.8 Å². The summed E-state index contributed by atoms with van der Waals surface area (Å²) in [7, 11) is 2.19. The number of halogens is 1. The van der Waals surface area contributed by atoms with Crippen molar-refractivity contribution >= 4 is 11.6 Å². The Morgan fingerprint density at radius 1 is 1.16 bits per heavy atom. The van der Waals surface area contributed by atoms with E-state index < -0.39 is 0 Å². The molecule has 1 aromatic carbocycles. The molecule has 2 nitrogen and oxygen atoms in total. The molecule has 0 aromatic heterocycles. The molecule has 0 amide bonds. The lowest BCUT2D eigenvalue weighted by atomic mass is 10.2. The van der Waals surface area contributed by atoms with Gasteiger partial charge < -0.3 is 10.2 Å². The van der Waals surface area contributed by atoms with Crippen molar-refractivity contribution in [2.24, 2.45) is 0 Å². The molecule has 1 aliphatic carbocycles. The molecule has 0 heterocycles. The van der Waals surface area contributed by atoms with E-state index in [4.69, 9.17) is 11.6 Å². The van der Waals surface area contributed by atoms with Crippen LogP contribution < -0.4 is 5.32 Å². The van der Waals surface area contributed by atoms with Crippen LogP contribution in [0.2, 0.25) is 5.02 Å². The summed E-state index contributed by atoms with van der Waals surface area (Å²) in [6, 6.07) is 9.01. The Bertz CT molecular complexity index is 360. The van der Waals surface area contributed by atoms with Crippen LogP contribution in [-0.2, 0) is 6.54 Å². The fraction of sp³-hybridized carbons (Fsp3) is 0.625. The van der Waals surface area contributed by atoms with Gasteiger partial charge in [0.1, 0.15) is 0 Å². The molecule has 0 saturated heterocycles. The summed E-state index contributed by atoms with van der Waals surface area (Å²) < 4.78 is 0. The van der Waals surface area contributed by atoms with E-state index in [9.17, 15) is 0 Å². The molecule has 106 valence electrons. The predicted octanol–water partition coefficient (Wildman–Crippen LogP) is 3.69. The molecule has 3 heteroatoms. The maximum absolute atomic E-state index is 5.89. The molecule has 1 saturated carbocycles. The predicted molar refractivity (Wildman–Crippen MR) is 82.7 cm³/mol. The molecule has 1 N–H and O–H groups in total. The van der Waals surface area contributed by atoms with Crippen LogP contribution in [0.3, 0.4) is 0 Å². The van der Waals surface area contributed by atoms with E-state index in [0.717, 1.165) is 17.6 Å². The summed E-state index contributed by atoms with van der Waals surface area (Å²) in [5.74, 6) is 0. The van der Waals surface area contributed by atoms with Gasteiger partial charge in [-0.2, -0.15) is 0 Å². The van der Waals surface area contributed by atoms with Gasteiger partial charge >= 0.3 is 0 Å². The third kappa shape index (κ3) is 6.42. The topological polar surface area (TPSA) is 15.3 Å². The van der Waals surface area contributed by atoms with Crippen molar-refractivity contribution in [3.8, 4) is 0 Å². The van der Waals surface area contributed by atoms with Crippen molar-refractivity contribution in [3.05, 3.63) is 34.9 Å². The van der Waals surface area contributed by atoms with Gasteiger partial charge in [0.2, 0.25) is 0 Å². The Labute approximate surface area is 122 Å². The summed E-state index contributed by atoms with van der Waals surface area (Å²) in [6.45, 7) is 3.38. The Kier molecular flexibility index (Phi) is 6.15. The monoisotopic (exact) mass is 280 g/mol. The molecule has 0 spiro atoms. The number of unbranched alkanes of at least 4 members (excludes halogenated alkanes) is 2. The van der Waals surface area contributed by atoms with Crippen molar-refractivity contribution in [1.82, 2.24) is 10.2 Å². The maximum atomic E-state index is 5.89. The Hall–Kier alpha value is -0.570. The average Bonchev–Trinajstić information content (AvgIpc) is 3.20. The van der Waals surface area contributed by atoms with Gasteiger partial charge in [0.15, 0.2) is 0 Å². The fourth-order valence-corrected chi connectivity index (χ4v) is 2.38. The van der Waals surface area contributed by atoms with Crippen LogP contribution in [0.15, 0.2) is 24.3 Å². The van der Waals surface area contributed by atoms with Crippen molar-refractivity contribution in [1.29, 1.82) is 0 Å². The maximum Gasteiger partial charge on any atom is 0.0406 e. The summed E-state index contributed by atoms with van der Waals surface area (Å²) in [4.78, 5) is 2.39. The second-order valence-corrected chi connectivity index (χ2v) is 6.09. The standard InChI is InChI=1S/C16H25ClN2/c1-19(13-14-5-7-15(17)8-6-14)12-4-2-3-11-18-16-9-10-16/h5-8,16,18H,2-4,9-13H2,1H3. The number of nitrogens with zero attached hydrogens (tertiary/aromatic N) is 1. The Morgan fingerprint density at radius 3 is 2.58 bits per heavy atom. The minimum Gasteiger partial charge on any atom is -0.314 e. The van der Waals surface area contributed by atoms with Crippen molar-refractivity contribution < 1.29 is 0 Å². The molecule has 1 fully saturated rings. The molecular formula is C16H25ClN2. The SMILES string of the molecule is CN(CCCCCNC1CC1)Cc1ccc(Cl)cc1. The van der Waals surface area contributed by atoms with Gasteiger partial charge in [0.05, 0.1) is 0 Å². The quantitative estimate of drug-likeness (QED) is 0.694. The van der Waals surface area contributed by atoms with Crippen molar-refractivity contribution in [3.63, 3.8) is 0 Å². The molecule has 0 aliphatic heterocycles. The van der Waals surface area contributed by atoms with Gasteiger partial charge in [0.25, 0.3) is 0 Å². The van der Waals surface area contributed by atoms with Gasteiger partial charge in [-0.05, 0) is 63.5 Å². The van der Waals surface area contributed by atoms with Gasteiger partial charge in [0, 0.05) is 17.6 Å². The number of benzene rings is 1. The number of rotatable bonds is 9. The van der Waals surface area contributed by atoms with Gasteiger partial charge in [-0.25, -0.2) is 0 Å². The van der Waals surface area contributed by atoms with E-state index >= 15 is 0 Å². The summed E-state index contributed by atoms with van der Waals surface area (Å²) >= 11 is 5.89. The first-order valence-electron chi connectivity index (χ1n) is 7.40. The highest BCUT2D eigenvalue weighted by atomic mass is 35.5. The number of nitrogens with one attached hydrogen (secondary N) is 1. The smallest absolute Gasteiger partial charge is 0.0406 e. The highest BCUT2D eigenvalue weighted by Crippen LogP contribution is 2.18. The minimum atomic E-state index is 0.814. The second kappa shape index (κ2) is 7.88. The third-order valence-corrected chi connectivity index (χ3v) is 3.84. The molecule has 0 bridgehead atoms. The summed E-state index contributed by atoms with van der Waals surface area (Å²) in [6.07, 6.45) is 6.71. The largest absolute Gasteiger partial charge is 0.314 e. The highest BCUT2D eigenvalue weighted by molar-refractivity contribution is 6.30. The van der Waals surface area contributed by atoms with Gasteiger partial charge in [-0.15, -0.1) is 0 Å². The lowest BCUT2D eigenvalue weighted by molar-refractivity contribution is 0.317. The molecule has 0 unspecified atom stereocenters. The zero-order chi connectivity index (χ0) is 13.5.